The number of H-pyrrole nitrogens is 1. The van der Waals surface area contributed by atoms with Crippen molar-refractivity contribution in [1.29, 1.82) is 0 Å². The minimum Gasteiger partial charge on any atom is -0.370 e. The molecule has 0 spiro atoms. The summed E-state index contributed by atoms with van der Waals surface area (Å²) in [7, 11) is 0. The Bertz CT molecular complexity index is 3470. The molecule has 32 N–H and O–H groups in total. The van der Waals surface area contributed by atoms with E-state index < -0.39 is 167 Å². The number of hydrogen-bond acceptors (Lipinski definition) is 17. The summed E-state index contributed by atoms with van der Waals surface area (Å²) in [5, 5.41) is 30.8. The van der Waals surface area contributed by atoms with E-state index >= 15 is 0 Å². The number of amides is 12. The molecular weight excluding hydrogens is 1420 g/mol. The van der Waals surface area contributed by atoms with Gasteiger partial charge in [0.05, 0.1) is 6.04 Å². The number of nitrogens with one attached hydrogen (secondary N) is 12. The zero-order valence-electron chi connectivity index (χ0n) is 66.3. The van der Waals surface area contributed by atoms with Gasteiger partial charge < -0.3 is 121 Å². The predicted octanol–water partition coefficient (Wildman–Crippen LogP) is -3.41. The quantitative estimate of drug-likeness (QED) is 0.0174. The van der Waals surface area contributed by atoms with E-state index in [2.05, 4.69) is 83.4 Å². The molecule has 0 saturated carbocycles. The number of aromatic nitrogens is 1. The van der Waals surface area contributed by atoms with Gasteiger partial charge in [-0.2, -0.15) is 0 Å². The van der Waals surface area contributed by atoms with E-state index in [-0.39, 0.29) is 120 Å². The van der Waals surface area contributed by atoms with Crippen LogP contribution in [0.2, 0.25) is 0 Å². The lowest BCUT2D eigenvalue weighted by Crippen LogP contribution is -2.62. The van der Waals surface area contributed by atoms with Crippen LogP contribution < -0.4 is 116 Å². The van der Waals surface area contributed by atoms with Crippen LogP contribution in [0.15, 0.2) is 50.4 Å². The number of hydrogen-bond donors (Lipinski definition) is 22. The van der Waals surface area contributed by atoms with Gasteiger partial charge in [0.25, 0.3) is 0 Å². The van der Waals surface area contributed by atoms with E-state index in [9.17, 15) is 57.5 Å². The summed E-state index contributed by atoms with van der Waals surface area (Å²) in [4.78, 5) is 190. The molecule has 2 rings (SSSR count). The number of nitrogens with zero attached hydrogens (tertiary/aromatic N) is 4. The Balaban J connectivity index is 2.52. The molecule has 38 nitrogen and oxygen atoms in total. The highest BCUT2D eigenvalue weighted by atomic mass is 16.2. The van der Waals surface area contributed by atoms with Crippen LogP contribution in [0.25, 0.3) is 10.9 Å². The van der Waals surface area contributed by atoms with Crippen LogP contribution in [-0.2, 0) is 64.0 Å². The molecule has 2 aromatic rings. The van der Waals surface area contributed by atoms with E-state index in [1.54, 1.807) is 81.5 Å². The molecule has 0 aliphatic rings. The van der Waals surface area contributed by atoms with Crippen LogP contribution in [0.1, 0.15) is 173 Å². The van der Waals surface area contributed by atoms with Crippen molar-refractivity contribution in [2.24, 2.45) is 113 Å². The molecule has 618 valence electrons. The molecule has 1 heterocycles. The molecule has 0 radical (unpaired) electrons. The number of nitrogens with two attached hydrogens (primary N) is 10. The van der Waals surface area contributed by atoms with Crippen LogP contribution in [-0.4, -0.2) is 198 Å². The Morgan fingerprint density at radius 1 is 0.373 bits per heavy atom. The maximum Gasteiger partial charge on any atom is 0.243 e. The number of rotatable bonds is 51. The first-order valence-corrected chi connectivity index (χ1v) is 37.8. The van der Waals surface area contributed by atoms with E-state index in [4.69, 9.17) is 57.3 Å². The average Bonchev–Trinajstić information content (AvgIpc) is 1.64. The maximum atomic E-state index is 15.0. The molecule has 38 heteroatoms. The number of aromatic amines is 1. The van der Waals surface area contributed by atoms with Gasteiger partial charge >= 0.3 is 0 Å². The van der Waals surface area contributed by atoms with Crippen molar-refractivity contribution in [1.82, 2.24) is 63.5 Å². The number of guanidine groups is 4. The summed E-state index contributed by atoms with van der Waals surface area (Å²) in [6, 6.07) is -8.07. The monoisotopic (exact) mass is 1550 g/mol. The number of para-hydroxylation sites is 1. The average molecular weight is 1550 g/mol. The molecule has 1 aromatic heterocycles. The SMILES string of the molecule is CC[C@H](C)[C@H](NC(=O)[C@H](CCCN=C(N)N)NC(=O)[C@@H](NC(=O)[C@H](C)NC(=O)[C@@H](NC(=O)[C@@H](NC(=O)[C@H](CC(C)C)NC(=O)[C@H](CCCN=C(N)N)NC(=O)[C@@H](N)C(C)C)[C@@H](C)CC)C(C)C)C(C)C)C(=O)N[C@@H](Cc1c[nH]c2ccccc12)C(=O)N[C@@H](CCCN=C(N)N)C(=O)N[C@@H](CCCCN=C(N)N)C(N)=O. The van der Waals surface area contributed by atoms with Crippen molar-refractivity contribution < 1.29 is 57.5 Å². The van der Waals surface area contributed by atoms with Gasteiger partial charge in [0, 0.05) is 49.7 Å². The van der Waals surface area contributed by atoms with E-state index in [0.717, 1.165) is 0 Å². The Morgan fingerprint density at radius 2 is 0.718 bits per heavy atom. The predicted molar refractivity (Wildman–Crippen MR) is 423 cm³/mol. The summed E-state index contributed by atoms with van der Waals surface area (Å²) < 4.78 is 0. The van der Waals surface area contributed by atoms with E-state index in [0.29, 0.717) is 42.1 Å². The van der Waals surface area contributed by atoms with Crippen molar-refractivity contribution in [3.63, 3.8) is 0 Å². The lowest BCUT2D eigenvalue weighted by Gasteiger charge is -2.31. The summed E-state index contributed by atoms with van der Waals surface area (Å²) >= 11 is 0. The largest absolute Gasteiger partial charge is 0.370 e. The number of unbranched alkanes of at least 4 members (excludes halogenated alkanes) is 1. The smallest absolute Gasteiger partial charge is 0.243 e. The van der Waals surface area contributed by atoms with Gasteiger partial charge in [-0.25, -0.2) is 0 Å². The second kappa shape index (κ2) is 48.8. The number of aliphatic imine (C=N–C) groups is 4. The number of benzene rings is 1. The highest BCUT2D eigenvalue weighted by Gasteiger charge is 2.39. The van der Waals surface area contributed by atoms with E-state index in [1.807, 2.05) is 32.0 Å². The molecule has 12 amide bonds. The van der Waals surface area contributed by atoms with Gasteiger partial charge in [0.15, 0.2) is 23.8 Å². The fourth-order valence-electron chi connectivity index (χ4n) is 11.5. The highest BCUT2D eigenvalue weighted by Crippen LogP contribution is 2.21. The molecule has 110 heavy (non-hydrogen) atoms. The fraction of sp³-hybridized carbons (Fsp3) is 0.667. The van der Waals surface area contributed by atoms with Crippen LogP contribution in [0.5, 0.6) is 0 Å². The molecule has 1 aromatic carbocycles. The third-order valence-electron chi connectivity index (χ3n) is 18.5. The van der Waals surface area contributed by atoms with Crippen molar-refractivity contribution in [3.8, 4) is 0 Å². The lowest BCUT2D eigenvalue weighted by atomic mass is 9.95. The van der Waals surface area contributed by atoms with Crippen LogP contribution in [0, 0.1) is 35.5 Å². The molecule has 0 aliphatic heterocycles. The summed E-state index contributed by atoms with van der Waals surface area (Å²) in [6.07, 6.45) is 3.73. The Kier molecular flexibility index (Phi) is 42.3. The Labute approximate surface area is 645 Å². The van der Waals surface area contributed by atoms with Crippen LogP contribution >= 0.6 is 0 Å². The van der Waals surface area contributed by atoms with E-state index in [1.165, 1.54) is 6.92 Å². The van der Waals surface area contributed by atoms with Crippen molar-refractivity contribution in [2.45, 2.75) is 246 Å². The number of fused-ring (bicyclic) bond motifs is 1. The van der Waals surface area contributed by atoms with Gasteiger partial charge in [0.2, 0.25) is 70.9 Å². The topological polar surface area (TPSA) is 663 Å². The number of primary amides is 1. The molecule has 0 fully saturated rings. The molecule has 0 unspecified atom stereocenters. The Morgan fingerprint density at radius 3 is 1.15 bits per heavy atom. The van der Waals surface area contributed by atoms with Crippen molar-refractivity contribution in [3.05, 3.63) is 36.0 Å². The number of carbonyl (C=O) groups is 12. The molecular formula is C72H128N26O12. The van der Waals surface area contributed by atoms with Gasteiger partial charge in [-0.1, -0.05) is 114 Å². The van der Waals surface area contributed by atoms with Crippen molar-refractivity contribution in [2.75, 3.05) is 26.2 Å². The first-order valence-electron chi connectivity index (χ1n) is 37.8. The first-order chi connectivity index (χ1) is 51.6. The molecule has 0 aliphatic carbocycles. The van der Waals surface area contributed by atoms with Crippen LogP contribution in [0.3, 0.4) is 0 Å². The van der Waals surface area contributed by atoms with Gasteiger partial charge in [-0.15, -0.1) is 0 Å². The minimum atomic E-state index is -1.44. The standard InChI is InChI=1S/C72H128N26O12/c1-14-40(11)55(67(109)94-51(34-43-35-87-45-24-17-16-23-44(43)45)62(104)90-47(26-20-30-84-70(77)78)59(101)89-46(57(74)99)25-18-19-29-83-69(75)76)97-61(103)49(28-22-32-86-72(81)82)92-66(108)54(39(9)10)95-58(100)42(13)88-65(107)53(38(7)8)96-68(110)56(41(12)15-2)98-63(105)50(33-36(3)4)93-60(102)48(27-21-31-85-71(79)80)91-64(106)52(73)37(5)6/h16-17,23-24,35-42,46-56,87H,14-15,18-22,25-34,73H2,1-13H3,(H2,74,99)(H,88,107)(H,89,101)(H,90,104)(H,91,106)(H,92,108)(H,93,102)(H,94,109)(H,95,100)(H,96,110)(H,97,103)(H,98,105)(H4,75,76,83)(H4,77,78,84)(H4,79,80,85)(H4,81,82,86)/t40-,41-,42-,46-,47-,48-,49-,50-,51-,52-,53-,54-,55-,56-/m0/s1. The summed E-state index contributed by atoms with van der Waals surface area (Å²) in [5.74, 6) is -12.9. The summed E-state index contributed by atoms with van der Waals surface area (Å²) in [5.41, 5.74) is 57.5. The third-order valence-corrected chi connectivity index (χ3v) is 18.5. The molecule has 0 saturated heterocycles. The fourth-order valence-corrected chi connectivity index (χ4v) is 11.5. The van der Waals surface area contributed by atoms with Gasteiger partial charge in [-0.05, 0) is 118 Å². The number of carbonyl (C=O) groups excluding carboxylic acids is 12. The highest BCUT2D eigenvalue weighted by molar-refractivity contribution is 6.00. The summed E-state index contributed by atoms with van der Waals surface area (Å²) in [6.45, 7) is 22.5. The Hall–Kier alpha value is -10.6. The second-order valence-corrected chi connectivity index (χ2v) is 29.3. The third kappa shape index (κ3) is 34.3. The molecule has 0 bridgehead atoms. The molecule has 14 atom stereocenters. The second-order valence-electron chi connectivity index (χ2n) is 29.3. The van der Waals surface area contributed by atoms with Crippen LogP contribution in [0.4, 0.5) is 0 Å². The zero-order valence-corrected chi connectivity index (χ0v) is 66.3. The first kappa shape index (κ1) is 95.5. The van der Waals surface area contributed by atoms with Gasteiger partial charge in [-0.3, -0.25) is 77.5 Å². The maximum absolute atomic E-state index is 15.0. The lowest BCUT2D eigenvalue weighted by molar-refractivity contribution is -0.137. The van der Waals surface area contributed by atoms with Gasteiger partial charge in [0.1, 0.15) is 66.5 Å². The normalized spacial score (nSPS) is 15.1. The minimum absolute atomic E-state index is 0.00752. The zero-order chi connectivity index (χ0) is 83.2. The van der Waals surface area contributed by atoms with Crippen molar-refractivity contribution >= 4 is 106 Å².